The number of carbonyl (C=O) groups excluding carboxylic acids is 2. The molecule has 0 aliphatic carbocycles. The SMILES string of the molecule is Cc1ccc(NC(=O)C2CCCN(C(=O)Cc3c(C)nn(-c4ccc(C)c(Cl)c4)c3C)C2)nc1. The van der Waals surface area contributed by atoms with Crippen LogP contribution < -0.4 is 5.32 Å². The number of hydrogen-bond donors (Lipinski definition) is 1. The summed E-state index contributed by atoms with van der Waals surface area (Å²) < 4.78 is 1.84. The van der Waals surface area contributed by atoms with E-state index in [0.29, 0.717) is 23.9 Å². The van der Waals surface area contributed by atoms with E-state index in [-0.39, 0.29) is 24.2 Å². The van der Waals surface area contributed by atoms with Gasteiger partial charge in [-0.2, -0.15) is 5.10 Å². The minimum Gasteiger partial charge on any atom is -0.342 e. The second-order valence-electron chi connectivity index (χ2n) is 9.06. The molecular weight excluding hydrogens is 450 g/mol. The number of pyridine rings is 1. The predicted molar refractivity (Wildman–Crippen MR) is 133 cm³/mol. The van der Waals surface area contributed by atoms with Gasteiger partial charge >= 0.3 is 0 Å². The zero-order valence-electron chi connectivity index (χ0n) is 20.1. The van der Waals surface area contributed by atoms with E-state index in [1.165, 1.54) is 0 Å². The molecule has 2 aromatic heterocycles. The van der Waals surface area contributed by atoms with E-state index in [4.69, 9.17) is 11.6 Å². The number of halogens is 1. The Morgan fingerprint density at radius 2 is 1.94 bits per heavy atom. The van der Waals surface area contributed by atoms with Crippen LogP contribution in [0.2, 0.25) is 5.02 Å². The summed E-state index contributed by atoms with van der Waals surface area (Å²) >= 11 is 6.31. The van der Waals surface area contributed by atoms with Crippen molar-refractivity contribution < 1.29 is 9.59 Å². The Kier molecular flexibility index (Phi) is 7.03. The van der Waals surface area contributed by atoms with Gasteiger partial charge in [-0.15, -0.1) is 0 Å². The maximum atomic E-state index is 13.2. The van der Waals surface area contributed by atoms with Gasteiger partial charge in [0.05, 0.1) is 23.7 Å². The van der Waals surface area contributed by atoms with E-state index in [9.17, 15) is 9.59 Å². The van der Waals surface area contributed by atoms with Gasteiger partial charge < -0.3 is 10.2 Å². The third-order valence-corrected chi connectivity index (χ3v) is 6.88. The lowest BCUT2D eigenvalue weighted by atomic mass is 9.96. The minimum absolute atomic E-state index is 0.0126. The summed E-state index contributed by atoms with van der Waals surface area (Å²) in [5, 5.41) is 8.23. The number of aryl methyl sites for hydroxylation is 3. The average Bonchev–Trinajstić information content (AvgIpc) is 3.10. The number of anilines is 1. The number of likely N-dealkylation sites (tertiary alicyclic amines) is 1. The maximum absolute atomic E-state index is 13.2. The van der Waals surface area contributed by atoms with Crippen molar-refractivity contribution in [1.82, 2.24) is 19.7 Å². The van der Waals surface area contributed by atoms with Crippen LogP contribution in [0.15, 0.2) is 36.5 Å². The Balaban J connectivity index is 1.44. The zero-order valence-corrected chi connectivity index (χ0v) is 20.8. The highest BCUT2D eigenvalue weighted by molar-refractivity contribution is 6.31. The molecule has 1 fully saturated rings. The number of carbonyl (C=O) groups is 2. The van der Waals surface area contributed by atoms with Crippen LogP contribution in [0.4, 0.5) is 5.82 Å². The van der Waals surface area contributed by atoms with Crippen molar-refractivity contribution in [2.75, 3.05) is 18.4 Å². The van der Waals surface area contributed by atoms with E-state index >= 15 is 0 Å². The van der Waals surface area contributed by atoms with Gasteiger partial charge in [0.1, 0.15) is 5.82 Å². The fourth-order valence-corrected chi connectivity index (χ4v) is 4.52. The summed E-state index contributed by atoms with van der Waals surface area (Å²) in [5.41, 5.74) is 5.56. The molecule has 0 saturated carbocycles. The number of benzene rings is 1. The van der Waals surface area contributed by atoms with Crippen LogP contribution in [0.25, 0.3) is 5.69 Å². The van der Waals surface area contributed by atoms with Gasteiger partial charge in [-0.05, 0) is 69.9 Å². The van der Waals surface area contributed by atoms with Gasteiger partial charge in [-0.25, -0.2) is 9.67 Å². The number of nitrogens with one attached hydrogen (secondary N) is 1. The standard InChI is InChI=1S/C26H30ClN5O2/c1-16-7-10-24(28-14-16)29-26(34)20-6-5-11-31(15-20)25(33)13-22-18(3)30-32(19(22)4)21-9-8-17(2)23(27)12-21/h7-10,12,14,20H,5-6,11,13,15H2,1-4H3,(H,28,29,34). The van der Waals surface area contributed by atoms with E-state index in [2.05, 4.69) is 15.4 Å². The lowest BCUT2D eigenvalue weighted by Crippen LogP contribution is -2.44. The van der Waals surface area contributed by atoms with Crippen molar-refractivity contribution in [1.29, 1.82) is 0 Å². The molecule has 3 heterocycles. The van der Waals surface area contributed by atoms with Crippen LogP contribution in [-0.2, 0) is 16.0 Å². The third-order valence-electron chi connectivity index (χ3n) is 6.48. The first-order chi connectivity index (χ1) is 16.2. The molecule has 1 N–H and O–H groups in total. The molecule has 1 unspecified atom stereocenters. The van der Waals surface area contributed by atoms with E-state index in [0.717, 1.165) is 46.6 Å². The quantitative estimate of drug-likeness (QED) is 0.581. The summed E-state index contributed by atoms with van der Waals surface area (Å²) in [7, 11) is 0. The average molecular weight is 480 g/mol. The van der Waals surface area contributed by atoms with Gasteiger partial charge in [0.2, 0.25) is 11.8 Å². The smallest absolute Gasteiger partial charge is 0.230 e. The molecule has 1 aliphatic rings. The molecule has 3 aromatic rings. The summed E-state index contributed by atoms with van der Waals surface area (Å²) in [6, 6.07) is 9.53. The highest BCUT2D eigenvalue weighted by Gasteiger charge is 2.29. The lowest BCUT2D eigenvalue weighted by Gasteiger charge is -2.32. The second-order valence-corrected chi connectivity index (χ2v) is 9.47. The number of aromatic nitrogens is 3. The molecule has 8 heteroatoms. The van der Waals surface area contributed by atoms with Crippen LogP contribution >= 0.6 is 11.6 Å². The van der Waals surface area contributed by atoms with Gasteiger partial charge in [0.25, 0.3) is 0 Å². The molecule has 0 radical (unpaired) electrons. The van der Waals surface area contributed by atoms with E-state index in [1.807, 2.05) is 56.6 Å². The zero-order chi connectivity index (χ0) is 24.4. The van der Waals surface area contributed by atoms with Crippen molar-refractivity contribution in [2.45, 2.75) is 47.0 Å². The second kappa shape index (κ2) is 9.97. The monoisotopic (exact) mass is 479 g/mol. The highest BCUT2D eigenvalue weighted by atomic mass is 35.5. The third kappa shape index (κ3) is 5.14. The van der Waals surface area contributed by atoms with Crippen LogP contribution in [0.5, 0.6) is 0 Å². The Bertz CT molecular complexity index is 1220. The summed E-state index contributed by atoms with van der Waals surface area (Å²) in [4.78, 5) is 32.0. The molecule has 1 saturated heterocycles. The summed E-state index contributed by atoms with van der Waals surface area (Å²) in [6.45, 7) is 8.87. The molecule has 1 aliphatic heterocycles. The number of nitrogens with zero attached hydrogens (tertiary/aromatic N) is 4. The first-order valence-electron chi connectivity index (χ1n) is 11.6. The van der Waals surface area contributed by atoms with Crippen LogP contribution in [0.1, 0.15) is 40.9 Å². The summed E-state index contributed by atoms with van der Waals surface area (Å²) in [5.74, 6) is 0.207. The number of piperidine rings is 1. The molecule has 1 aromatic carbocycles. The van der Waals surface area contributed by atoms with E-state index in [1.54, 1.807) is 17.2 Å². The van der Waals surface area contributed by atoms with Gasteiger partial charge in [-0.3, -0.25) is 9.59 Å². The molecule has 2 amide bonds. The Hall–Kier alpha value is -3.19. The largest absolute Gasteiger partial charge is 0.342 e. The fraction of sp³-hybridized carbons (Fsp3) is 0.385. The fourth-order valence-electron chi connectivity index (χ4n) is 4.35. The first kappa shape index (κ1) is 24.0. The minimum atomic E-state index is -0.250. The maximum Gasteiger partial charge on any atom is 0.230 e. The molecule has 1 atom stereocenters. The first-order valence-corrected chi connectivity index (χ1v) is 11.9. The molecule has 0 bridgehead atoms. The Labute approximate surface area is 205 Å². The van der Waals surface area contributed by atoms with Crippen LogP contribution in [0, 0.1) is 33.6 Å². The lowest BCUT2D eigenvalue weighted by molar-refractivity contribution is -0.134. The van der Waals surface area contributed by atoms with Crippen LogP contribution in [-0.4, -0.2) is 44.6 Å². The predicted octanol–water partition coefficient (Wildman–Crippen LogP) is 4.57. The molecular formula is C26H30ClN5O2. The van der Waals surface area contributed by atoms with Gasteiger partial charge in [0, 0.05) is 35.6 Å². The number of amides is 2. The molecule has 7 nitrogen and oxygen atoms in total. The van der Waals surface area contributed by atoms with Crippen LogP contribution in [0.3, 0.4) is 0 Å². The van der Waals surface area contributed by atoms with Crippen molar-refractivity contribution in [3.8, 4) is 5.69 Å². The number of rotatable bonds is 5. The summed E-state index contributed by atoms with van der Waals surface area (Å²) in [6.07, 6.45) is 3.53. The van der Waals surface area contributed by atoms with E-state index < -0.39 is 0 Å². The van der Waals surface area contributed by atoms with Crippen molar-refractivity contribution in [3.63, 3.8) is 0 Å². The molecule has 34 heavy (non-hydrogen) atoms. The highest BCUT2D eigenvalue weighted by Crippen LogP contribution is 2.25. The normalized spacial score (nSPS) is 15.9. The molecule has 0 spiro atoms. The van der Waals surface area contributed by atoms with Gasteiger partial charge in [-0.1, -0.05) is 23.7 Å². The van der Waals surface area contributed by atoms with Crippen molar-refractivity contribution >= 4 is 29.2 Å². The number of hydrogen-bond acceptors (Lipinski definition) is 4. The van der Waals surface area contributed by atoms with Crippen molar-refractivity contribution in [2.24, 2.45) is 5.92 Å². The van der Waals surface area contributed by atoms with Crippen molar-refractivity contribution in [3.05, 3.63) is 69.6 Å². The Morgan fingerprint density at radius 1 is 1.15 bits per heavy atom. The molecule has 178 valence electrons. The van der Waals surface area contributed by atoms with Gasteiger partial charge in [0.15, 0.2) is 0 Å². The topological polar surface area (TPSA) is 80.1 Å². The Morgan fingerprint density at radius 3 is 2.65 bits per heavy atom. The molecule has 4 rings (SSSR count).